The summed E-state index contributed by atoms with van der Waals surface area (Å²) in [5, 5.41) is 10.4. The molecule has 184 valence electrons. The van der Waals surface area contributed by atoms with Crippen molar-refractivity contribution in [3.63, 3.8) is 0 Å². The Labute approximate surface area is 233 Å². The number of para-hydroxylation sites is 1. The molecule has 0 bridgehead atoms. The second-order valence-electron chi connectivity index (χ2n) is 10.7. The van der Waals surface area contributed by atoms with Gasteiger partial charge in [0.15, 0.2) is 0 Å². The molecule has 9 aromatic rings. The highest BCUT2D eigenvalue weighted by Crippen LogP contribution is 2.50. The van der Waals surface area contributed by atoms with E-state index in [1.54, 1.807) is 0 Å². The zero-order valence-corrected chi connectivity index (χ0v) is 22.2. The van der Waals surface area contributed by atoms with E-state index < -0.39 is 0 Å². The van der Waals surface area contributed by atoms with Crippen LogP contribution in [-0.2, 0) is 0 Å². The lowest BCUT2D eigenvalue weighted by atomic mass is 10.0. The first-order valence-electron chi connectivity index (χ1n) is 13.6. The molecule has 3 aromatic heterocycles. The molecule has 3 heterocycles. The van der Waals surface area contributed by atoms with Gasteiger partial charge in [-0.1, -0.05) is 78.9 Å². The van der Waals surface area contributed by atoms with Gasteiger partial charge in [-0.05, 0) is 68.7 Å². The van der Waals surface area contributed by atoms with Crippen molar-refractivity contribution in [3.05, 3.63) is 122 Å². The van der Waals surface area contributed by atoms with E-state index in [1.165, 1.54) is 91.5 Å². The highest BCUT2D eigenvalue weighted by atomic mass is 32.1. The van der Waals surface area contributed by atoms with Gasteiger partial charge in [0, 0.05) is 54.4 Å². The Bertz CT molecular complexity index is 2540. The lowest BCUT2D eigenvalue weighted by Gasteiger charge is -2.12. The van der Waals surface area contributed by atoms with Gasteiger partial charge in [0.1, 0.15) is 0 Å². The Hall–Kier alpha value is -4.99. The van der Waals surface area contributed by atoms with Crippen LogP contribution in [0, 0.1) is 0 Å². The van der Waals surface area contributed by atoms with Gasteiger partial charge >= 0.3 is 0 Å². The van der Waals surface area contributed by atoms with E-state index in [-0.39, 0.29) is 0 Å². The third-order valence-corrected chi connectivity index (χ3v) is 9.99. The summed E-state index contributed by atoms with van der Waals surface area (Å²) in [5.41, 5.74) is 8.99. The summed E-state index contributed by atoms with van der Waals surface area (Å²) in [6, 6.07) is 40.3. The molecule has 1 aliphatic rings. The van der Waals surface area contributed by atoms with Gasteiger partial charge in [0.05, 0.1) is 11.0 Å². The molecule has 40 heavy (non-hydrogen) atoms. The van der Waals surface area contributed by atoms with E-state index in [0.717, 1.165) is 0 Å². The fraction of sp³-hybridized carbons (Fsp3) is 0. The third kappa shape index (κ3) is 2.47. The van der Waals surface area contributed by atoms with Crippen molar-refractivity contribution >= 4 is 74.9 Å². The van der Waals surface area contributed by atoms with Crippen molar-refractivity contribution < 1.29 is 0 Å². The second kappa shape index (κ2) is 7.35. The maximum atomic E-state index is 4.56. The lowest BCUT2D eigenvalue weighted by molar-refractivity contribution is 1.19. The van der Waals surface area contributed by atoms with Crippen LogP contribution >= 0.6 is 11.3 Å². The number of pyridine rings is 1. The van der Waals surface area contributed by atoms with E-state index in [9.17, 15) is 0 Å². The van der Waals surface area contributed by atoms with E-state index in [0.29, 0.717) is 0 Å². The molecule has 3 heteroatoms. The minimum Gasteiger partial charge on any atom is -0.309 e. The average Bonchev–Trinajstić information content (AvgIpc) is 3.67. The summed E-state index contributed by atoms with van der Waals surface area (Å²) in [6.07, 6.45) is 3.98. The van der Waals surface area contributed by atoms with Crippen molar-refractivity contribution in [3.8, 4) is 27.9 Å². The monoisotopic (exact) mass is 524 g/mol. The Balaban J connectivity index is 1.42. The molecule has 0 fully saturated rings. The summed E-state index contributed by atoms with van der Waals surface area (Å²) >= 11 is 1.87. The van der Waals surface area contributed by atoms with E-state index >= 15 is 0 Å². The Morgan fingerprint density at radius 2 is 1.35 bits per heavy atom. The van der Waals surface area contributed by atoms with Crippen LogP contribution in [0.4, 0.5) is 0 Å². The number of thiophene rings is 1. The molecular weight excluding hydrogens is 504 g/mol. The molecule has 2 nitrogen and oxygen atoms in total. The van der Waals surface area contributed by atoms with E-state index in [1.807, 2.05) is 23.7 Å². The van der Waals surface area contributed by atoms with Crippen molar-refractivity contribution in [1.82, 2.24) is 9.55 Å². The topological polar surface area (TPSA) is 17.8 Å². The quantitative estimate of drug-likeness (QED) is 0.209. The van der Waals surface area contributed by atoms with Crippen molar-refractivity contribution in [2.45, 2.75) is 0 Å². The number of rotatable bonds is 1. The standard InChI is InChI=1S/C37H20N2S/c1-3-13-31-27(9-1)34-26-17-18-38-20-30(26)37-35(28-10-2-4-14-32(28)40-37)36(34)39(31)22-15-16-23-24-11-5-7-21-8-6-12-25(33(21)24)29(23)19-22/h1-20H. The molecule has 0 atom stereocenters. The minimum absolute atomic E-state index is 1.19. The fourth-order valence-corrected chi connectivity index (χ4v) is 8.43. The predicted molar refractivity (Wildman–Crippen MR) is 171 cm³/mol. The molecule has 0 radical (unpaired) electrons. The molecule has 0 spiro atoms. The summed E-state index contributed by atoms with van der Waals surface area (Å²) in [5.74, 6) is 0. The normalized spacial score (nSPS) is 12.5. The minimum atomic E-state index is 1.19. The Morgan fingerprint density at radius 1 is 0.550 bits per heavy atom. The number of hydrogen-bond donors (Lipinski definition) is 0. The van der Waals surface area contributed by atoms with Crippen LogP contribution in [-0.4, -0.2) is 9.55 Å². The zero-order valence-electron chi connectivity index (χ0n) is 21.3. The average molecular weight is 525 g/mol. The van der Waals surface area contributed by atoms with Crippen LogP contribution in [0.2, 0.25) is 0 Å². The lowest BCUT2D eigenvalue weighted by Crippen LogP contribution is -1.95. The first-order chi connectivity index (χ1) is 19.9. The van der Waals surface area contributed by atoms with Crippen molar-refractivity contribution in [2.75, 3.05) is 0 Å². The summed E-state index contributed by atoms with van der Waals surface area (Å²) in [4.78, 5) is 4.56. The molecule has 6 aromatic carbocycles. The molecule has 0 aliphatic heterocycles. The summed E-state index contributed by atoms with van der Waals surface area (Å²) in [7, 11) is 0. The molecule has 0 N–H and O–H groups in total. The molecule has 0 unspecified atom stereocenters. The Morgan fingerprint density at radius 3 is 2.25 bits per heavy atom. The maximum absolute atomic E-state index is 4.56. The highest BCUT2D eigenvalue weighted by Gasteiger charge is 2.25. The molecule has 0 saturated carbocycles. The van der Waals surface area contributed by atoms with Crippen molar-refractivity contribution in [1.29, 1.82) is 0 Å². The number of fused-ring (bicyclic) bond motifs is 13. The molecule has 1 aliphatic carbocycles. The van der Waals surface area contributed by atoms with E-state index in [2.05, 4.69) is 119 Å². The molecule has 0 saturated heterocycles. The predicted octanol–water partition coefficient (Wildman–Crippen LogP) is 10.5. The van der Waals surface area contributed by atoms with Gasteiger partial charge in [-0.15, -0.1) is 11.3 Å². The van der Waals surface area contributed by atoms with Crippen LogP contribution in [0.5, 0.6) is 0 Å². The summed E-state index contributed by atoms with van der Waals surface area (Å²) < 4.78 is 5.12. The van der Waals surface area contributed by atoms with Crippen LogP contribution in [0.3, 0.4) is 0 Å². The van der Waals surface area contributed by atoms with Crippen molar-refractivity contribution in [2.24, 2.45) is 0 Å². The number of benzene rings is 6. The first-order valence-corrected chi connectivity index (χ1v) is 14.5. The van der Waals surface area contributed by atoms with Gasteiger partial charge in [0.2, 0.25) is 0 Å². The van der Waals surface area contributed by atoms with Gasteiger partial charge in [-0.25, -0.2) is 0 Å². The first kappa shape index (κ1) is 20.9. The van der Waals surface area contributed by atoms with E-state index in [4.69, 9.17) is 0 Å². The number of aromatic nitrogens is 2. The number of hydrogen-bond acceptors (Lipinski definition) is 2. The second-order valence-corrected chi connectivity index (χ2v) is 11.8. The zero-order chi connectivity index (χ0) is 25.9. The van der Waals surface area contributed by atoms with Crippen LogP contribution < -0.4 is 0 Å². The highest BCUT2D eigenvalue weighted by molar-refractivity contribution is 7.27. The molecule has 0 amide bonds. The van der Waals surface area contributed by atoms with Gasteiger partial charge < -0.3 is 4.57 Å². The summed E-state index contributed by atoms with van der Waals surface area (Å²) in [6.45, 7) is 0. The SMILES string of the molecule is c1cc2c3c(cccc3c1)-c1cc(-n3c4ccccc4c4c5ccncc5c5sc6ccccc6c5c43)ccc1-2. The van der Waals surface area contributed by atoms with Crippen LogP contribution in [0.1, 0.15) is 0 Å². The Kier molecular flexibility index (Phi) is 3.84. The third-order valence-electron chi connectivity index (χ3n) is 8.79. The maximum Gasteiger partial charge on any atom is 0.0640 e. The van der Waals surface area contributed by atoms with Crippen LogP contribution in [0.15, 0.2) is 122 Å². The smallest absolute Gasteiger partial charge is 0.0640 e. The van der Waals surface area contributed by atoms with Gasteiger partial charge in [-0.2, -0.15) is 0 Å². The fourth-order valence-electron chi connectivity index (χ4n) is 7.20. The number of nitrogens with zero attached hydrogens (tertiary/aromatic N) is 2. The largest absolute Gasteiger partial charge is 0.309 e. The van der Waals surface area contributed by atoms with Crippen LogP contribution in [0.25, 0.3) is 91.5 Å². The molecular formula is C37H20N2S. The van der Waals surface area contributed by atoms with Gasteiger partial charge in [0.25, 0.3) is 0 Å². The molecule has 10 rings (SSSR count). The van der Waals surface area contributed by atoms with Gasteiger partial charge in [-0.3, -0.25) is 4.98 Å².